The van der Waals surface area contributed by atoms with E-state index >= 15 is 0 Å². The summed E-state index contributed by atoms with van der Waals surface area (Å²) in [6.45, 7) is 0.617. The number of hydrogen-bond donors (Lipinski definition) is 1. The summed E-state index contributed by atoms with van der Waals surface area (Å²) in [5.41, 5.74) is 3.45. The minimum Gasteiger partial charge on any atom is -0.379 e. The second-order valence-corrected chi connectivity index (χ2v) is 5.94. The highest BCUT2D eigenvalue weighted by Gasteiger charge is 2.05. The lowest BCUT2D eigenvalue weighted by atomic mass is 10.2. The van der Waals surface area contributed by atoms with Crippen LogP contribution in [0.3, 0.4) is 0 Å². The van der Waals surface area contributed by atoms with Gasteiger partial charge in [-0.3, -0.25) is 0 Å². The fourth-order valence-electron chi connectivity index (χ4n) is 2.01. The Labute approximate surface area is 137 Å². The second-order valence-electron chi connectivity index (χ2n) is 4.67. The quantitative estimate of drug-likeness (QED) is 0.738. The van der Waals surface area contributed by atoms with Gasteiger partial charge in [0.15, 0.2) is 0 Å². The molecular weight excluding hydrogens is 314 g/mol. The zero-order valence-corrected chi connectivity index (χ0v) is 13.2. The van der Waals surface area contributed by atoms with Crippen molar-refractivity contribution >= 4 is 28.6 Å². The molecule has 3 nitrogen and oxygen atoms in total. The first kappa shape index (κ1) is 14.6. The molecule has 0 aliphatic rings. The molecule has 0 unspecified atom stereocenters. The Morgan fingerprint density at radius 1 is 1.18 bits per heavy atom. The second kappa shape index (κ2) is 6.61. The first-order valence-electron chi connectivity index (χ1n) is 6.69. The van der Waals surface area contributed by atoms with Gasteiger partial charge >= 0.3 is 0 Å². The third-order valence-electron chi connectivity index (χ3n) is 3.14. The van der Waals surface area contributed by atoms with Crippen LogP contribution >= 0.6 is 22.9 Å². The van der Waals surface area contributed by atoms with Crippen molar-refractivity contribution in [1.29, 1.82) is 5.26 Å². The molecule has 0 atom stereocenters. The van der Waals surface area contributed by atoms with E-state index in [4.69, 9.17) is 16.9 Å². The van der Waals surface area contributed by atoms with Crippen molar-refractivity contribution in [2.75, 3.05) is 5.32 Å². The van der Waals surface area contributed by atoms with Crippen molar-refractivity contribution in [3.05, 3.63) is 70.2 Å². The monoisotopic (exact) mass is 325 g/mol. The number of hydrogen-bond acceptors (Lipinski definition) is 4. The summed E-state index contributed by atoms with van der Waals surface area (Å²) >= 11 is 7.65. The van der Waals surface area contributed by atoms with E-state index in [-0.39, 0.29) is 0 Å². The lowest BCUT2D eigenvalue weighted by molar-refractivity contribution is 1.08. The van der Waals surface area contributed by atoms with Crippen LogP contribution < -0.4 is 5.32 Å². The summed E-state index contributed by atoms with van der Waals surface area (Å²) in [5.74, 6) is 0. The average Bonchev–Trinajstić information content (AvgIpc) is 3.03. The van der Waals surface area contributed by atoms with E-state index in [0.717, 1.165) is 22.0 Å². The molecule has 1 aromatic heterocycles. The van der Waals surface area contributed by atoms with E-state index in [1.54, 1.807) is 23.5 Å². The third-order valence-corrected chi connectivity index (χ3v) is 4.39. The van der Waals surface area contributed by atoms with Gasteiger partial charge in [-0.05, 0) is 18.2 Å². The minimum atomic E-state index is 0.454. The summed E-state index contributed by atoms with van der Waals surface area (Å²) in [5, 5.41) is 15.6. The molecule has 1 heterocycles. The van der Waals surface area contributed by atoms with Crippen LogP contribution in [0, 0.1) is 11.3 Å². The normalized spacial score (nSPS) is 10.2. The van der Waals surface area contributed by atoms with Gasteiger partial charge in [0.25, 0.3) is 0 Å². The van der Waals surface area contributed by atoms with Crippen LogP contribution in [-0.4, -0.2) is 4.98 Å². The van der Waals surface area contributed by atoms with Gasteiger partial charge in [-0.15, -0.1) is 11.3 Å². The maximum Gasteiger partial charge on any atom is 0.123 e. The van der Waals surface area contributed by atoms with Crippen LogP contribution in [0.5, 0.6) is 0 Å². The first-order valence-corrected chi connectivity index (χ1v) is 7.95. The summed E-state index contributed by atoms with van der Waals surface area (Å²) in [4.78, 5) is 4.62. The fraction of sp³-hybridized carbons (Fsp3) is 0.0588. The van der Waals surface area contributed by atoms with E-state index in [0.29, 0.717) is 17.1 Å². The highest BCUT2D eigenvalue weighted by molar-refractivity contribution is 7.13. The fourth-order valence-corrected chi connectivity index (χ4v) is 3.06. The Kier molecular flexibility index (Phi) is 4.38. The molecule has 3 rings (SSSR count). The minimum absolute atomic E-state index is 0.454. The smallest absolute Gasteiger partial charge is 0.123 e. The Hall–Kier alpha value is -2.35. The van der Waals surface area contributed by atoms with Crippen LogP contribution in [0.2, 0.25) is 5.02 Å². The molecule has 22 heavy (non-hydrogen) atoms. The Morgan fingerprint density at radius 3 is 2.73 bits per heavy atom. The number of nitrogens with one attached hydrogen (secondary N) is 1. The number of nitrogens with zero attached hydrogens (tertiary/aromatic N) is 2. The van der Waals surface area contributed by atoms with Crippen molar-refractivity contribution in [3.8, 4) is 16.6 Å². The number of halogens is 1. The molecule has 0 bridgehead atoms. The number of benzene rings is 2. The molecule has 0 radical (unpaired) electrons. The Balaban J connectivity index is 1.69. The third kappa shape index (κ3) is 3.28. The Bertz CT molecular complexity index is 821. The maximum absolute atomic E-state index is 8.86. The molecule has 2 aromatic carbocycles. The molecule has 0 aliphatic heterocycles. The van der Waals surface area contributed by atoms with Crippen LogP contribution in [0.4, 0.5) is 5.69 Å². The average molecular weight is 326 g/mol. The van der Waals surface area contributed by atoms with E-state index in [1.165, 1.54) is 0 Å². The predicted octanol–water partition coefficient (Wildman–Crippen LogP) is 4.95. The number of anilines is 1. The molecule has 5 heteroatoms. The summed E-state index contributed by atoms with van der Waals surface area (Å²) in [6.07, 6.45) is 0. The van der Waals surface area contributed by atoms with Crippen LogP contribution in [0.25, 0.3) is 10.6 Å². The Morgan fingerprint density at radius 2 is 2.00 bits per heavy atom. The van der Waals surface area contributed by atoms with Crippen molar-refractivity contribution in [2.24, 2.45) is 0 Å². The van der Waals surface area contributed by atoms with Gasteiger partial charge in [-0.1, -0.05) is 41.9 Å². The van der Waals surface area contributed by atoms with Crippen LogP contribution in [-0.2, 0) is 6.54 Å². The number of rotatable bonds is 4. The molecule has 0 fully saturated rings. The molecule has 0 spiro atoms. The van der Waals surface area contributed by atoms with Crippen LogP contribution in [0.15, 0.2) is 53.9 Å². The van der Waals surface area contributed by atoms with E-state index in [1.807, 2.05) is 35.7 Å². The molecule has 3 aromatic rings. The zero-order valence-electron chi connectivity index (χ0n) is 11.6. The van der Waals surface area contributed by atoms with Gasteiger partial charge in [0, 0.05) is 16.6 Å². The van der Waals surface area contributed by atoms with Crippen molar-refractivity contribution < 1.29 is 0 Å². The lowest BCUT2D eigenvalue weighted by Crippen LogP contribution is -1.99. The maximum atomic E-state index is 8.86. The van der Waals surface area contributed by atoms with Gasteiger partial charge < -0.3 is 5.32 Å². The summed E-state index contributed by atoms with van der Waals surface area (Å²) in [6, 6.07) is 17.5. The molecule has 0 aliphatic carbocycles. The van der Waals surface area contributed by atoms with Gasteiger partial charge in [0.05, 0.1) is 22.8 Å². The van der Waals surface area contributed by atoms with Crippen molar-refractivity contribution in [1.82, 2.24) is 4.98 Å². The number of aromatic nitrogens is 1. The van der Waals surface area contributed by atoms with Crippen molar-refractivity contribution in [2.45, 2.75) is 6.54 Å². The topological polar surface area (TPSA) is 48.7 Å². The van der Waals surface area contributed by atoms with E-state index < -0.39 is 0 Å². The molecule has 1 N–H and O–H groups in total. The molecule has 108 valence electrons. The summed E-state index contributed by atoms with van der Waals surface area (Å²) < 4.78 is 0. The van der Waals surface area contributed by atoms with Gasteiger partial charge in [0.2, 0.25) is 0 Å². The molecule has 0 amide bonds. The molecule has 0 saturated heterocycles. The van der Waals surface area contributed by atoms with Gasteiger partial charge in [-0.25, -0.2) is 4.98 Å². The van der Waals surface area contributed by atoms with E-state index in [2.05, 4.69) is 22.4 Å². The van der Waals surface area contributed by atoms with Crippen molar-refractivity contribution in [3.63, 3.8) is 0 Å². The van der Waals surface area contributed by atoms with E-state index in [9.17, 15) is 0 Å². The zero-order chi connectivity index (χ0) is 15.4. The predicted molar refractivity (Wildman–Crippen MR) is 91.0 cm³/mol. The van der Waals surface area contributed by atoms with Gasteiger partial charge in [-0.2, -0.15) is 5.26 Å². The largest absolute Gasteiger partial charge is 0.379 e. The standard InChI is InChI=1S/C17H12ClN3S/c18-16-8-14(7-6-13(16)9-19)20-10-15-11-22-17(21-15)12-4-2-1-3-5-12/h1-8,11,20H,10H2. The molecular formula is C17H12ClN3S. The highest BCUT2D eigenvalue weighted by atomic mass is 35.5. The van der Waals surface area contributed by atoms with Gasteiger partial charge in [0.1, 0.15) is 11.1 Å². The highest BCUT2D eigenvalue weighted by Crippen LogP contribution is 2.24. The lowest BCUT2D eigenvalue weighted by Gasteiger charge is -2.05. The van der Waals surface area contributed by atoms with Crippen LogP contribution in [0.1, 0.15) is 11.3 Å². The first-order chi connectivity index (χ1) is 10.8. The summed E-state index contributed by atoms with van der Waals surface area (Å²) in [7, 11) is 0. The molecule has 0 saturated carbocycles. The SMILES string of the molecule is N#Cc1ccc(NCc2csc(-c3ccccc3)n2)cc1Cl. The number of nitriles is 1. The number of thiazole rings is 1.